The van der Waals surface area contributed by atoms with Crippen molar-refractivity contribution in [3.8, 4) is 0 Å². The first kappa shape index (κ1) is 18.7. The van der Waals surface area contributed by atoms with Crippen molar-refractivity contribution in [2.45, 2.75) is 19.4 Å². The number of aromatic nitrogens is 1. The van der Waals surface area contributed by atoms with Crippen LogP contribution in [-0.4, -0.2) is 29.4 Å². The van der Waals surface area contributed by atoms with Crippen LogP contribution in [0.1, 0.15) is 28.0 Å². The first-order valence-electron chi connectivity index (χ1n) is 6.74. The molecule has 3 rings (SSSR count). The molecule has 2 aromatic rings. The van der Waals surface area contributed by atoms with E-state index in [-0.39, 0.29) is 30.7 Å². The first-order valence-corrected chi connectivity index (χ1v) is 7.68. The van der Waals surface area contributed by atoms with Gasteiger partial charge in [-0.25, -0.2) is 4.98 Å². The molecule has 0 saturated carbocycles. The van der Waals surface area contributed by atoms with Gasteiger partial charge in [0.1, 0.15) is 0 Å². The molecule has 0 spiro atoms. The monoisotopic (exact) mass is 359 g/mol. The van der Waals surface area contributed by atoms with E-state index in [1.807, 2.05) is 30.6 Å². The maximum atomic E-state index is 12.6. The van der Waals surface area contributed by atoms with Crippen molar-refractivity contribution in [3.05, 3.63) is 45.9 Å². The van der Waals surface area contributed by atoms with Crippen molar-refractivity contribution in [2.75, 3.05) is 18.9 Å². The Morgan fingerprint density at radius 3 is 2.95 bits per heavy atom. The van der Waals surface area contributed by atoms with E-state index >= 15 is 0 Å². The summed E-state index contributed by atoms with van der Waals surface area (Å²) in [6.07, 6.45) is 2.04. The van der Waals surface area contributed by atoms with E-state index in [4.69, 9.17) is 0 Å². The molecule has 1 aromatic carbocycles. The number of nitrogens with zero attached hydrogens (tertiary/aromatic N) is 2. The van der Waals surface area contributed by atoms with Gasteiger partial charge in [-0.2, -0.15) is 0 Å². The summed E-state index contributed by atoms with van der Waals surface area (Å²) in [5.74, 6) is 0.0681. The van der Waals surface area contributed by atoms with Crippen molar-refractivity contribution < 1.29 is 4.79 Å². The Kier molecular flexibility index (Phi) is 7.13. The van der Waals surface area contributed by atoms with Gasteiger partial charge in [-0.3, -0.25) is 4.79 Å². The largest absolute Gasteiger partial charge is 0.385 e. The van der Waals surface area contributed by atoms with Crippen LogP contribution in [0, 0.1) is 0 Å². The molecule has 1 N–H and O–H groups in total. The maximum Gasteiger partial charge on any atom is 0.254 e. The van der Waals surface area contributed by atoms with Gasteiger partial charge in [-0.15, -0.1) is 36.2 Å². The van der Waals surface area contributed by atoms with Crippen LogP contribution in [0.3, 0.4) is 0 Å². The Bertz CT molecular complexity index is 619. The van der Waals surface area contributed by atoms with Gasteiger partial charge in [0.2, 0.25) is 0 Å². The van der Waals surface area contributed by atoms with E-state index < -0.39 is 0 Å². The standard InChI is InChI=1S/C15H17N3OS.2ClH/c1-18(8-11-9-20-10-17-11)15(19)13-4-2-6-14-12(13)5-3-7-16-14;;/h2,4,6,9-10,16H,3,5,7-8H2,1H3;2*1H. The summed E-state index contributed by atoms with van der Waals surface area (Å²) in [6, 6.07) is 5.92. The molecule has 0 aliphatic carbocycles. The van der Waals surface area contributed by atoms with Crippen LogP contribution >= 0.6 is 36.2 Å². The fourth-order valence-corrected chi connectivity index (χ4v) is 3.10. The number of fused-ring (bicyclic) bond motifs is 1. The van der Waals surface area contributed by atoms with Gasteiger partial charge >= 0.3 is 0 Å². The maximum absolute atomic E-state index is 12.6. The quantitative estimate of drug-likeness (QED) is 0.909. The van der Waals surface area contributed by atoms with Crippen LogP contribution in [0.2, 0.25) is 0 Å². The third kappa shape index (κ3) is 3.91. The van der Waals surface area contributed by atoms with Gasteiger partial charge in [0.05, 0.1) is 17.7 Å². The number of anilines is 1. The van der Waals surface area contributed by atoms with Gasteiger partial charge in [0.25, 0.3) is 5.91 Å². The summed E-state index contributed by atoms with van der Waals surface area (Å²) in [5, 5.41) is 5.34. The average molecular weight is 360 g/mol. The molecule has 22 heavy (non-hydrogen) atoms. The highest BCUT2D eigenvalue weighted by atomic mass is 35.5. The molecule has 1 aliphatic rings. The molecule has 1 amide bonds. The molecule has 120 valence electrons. The molecule has 1 aromatic heterocycles. The van der Waals surface area contributed by atoms with Gasteiger partial charge in [-0.05, 0) is 30.5 Å². The minimum atomic E-state index is 0. The number of halogens is 2. The molecule has 0 fully saturated rings. The Morgan fingerprint density at radius 2 is 2.23 bits per heavy atom. The Morgan fingerprint density at radius 1 is 1.41 bits per heavy atom. The van der Waals surface area contributed by atoms with Crippen LogP contribution < -0.4 is 5.32 Å². The molecule has 4 nitrogen and oxygen atoms in total. The molecule has 0 saturated heterocycles. The second kappa shape index (κ2) is 8.36. The Labute approximate surface area is 146 Å². The SMILES string of the molecule is CN(Cc1cscn1)C(=O)c1cccc2c1CCCN2.Cl.Cl. The molecule has 0 atom stereocenters. The highest BCUT2D eigenvalue weighted by molar-refractivity contribution is 7.07. The number of thiazole rings is 1. The normalized spacial score (nSPS) is 12.2. The Balaban J connectivity index is 0.00000121. The number of hydrogen-bond acceptors (Lipinski definition) is 4. The predicted octanol–water partition coefficient (Wildman–Crippen LogP) is 3.62. The zero-order valence-electron chi connectivity index (χ0n) is 12.2. The summed E-state index contributed by atoms with van der Waals surface area (Å²) in [7, 11) is 1.83. The molecular formula is C15H19Cl2N3OS. The van der Waals surface area contributed by atoms with Crippen molar-refractivity contribution in [1.82, 2.24) is 9.88 Å². The molecule has 0 unspecified atom stereocenters. The van der Waals surface area contributed by atoms with Crippen molar-refractivity contribution in [2.24, 2.45) is 0 Å². The topological polar surface area (TPSA) is 45.2 Å². The number of carbonyl (C=O) groups excluding carboxylic acids is 1. The lowest BCUT2D eigenvalue weighted by molar-refractivity contribution is 0.0782. The van der Waals surface area contributed by atoms with Gasteiger partial charge in [0, 0.05) is 30.2 Å². The van der Waals surface area contributed by atoms with Crippen LogP contribution in [0.15, 0.2) is 29.1 Å². The van der Waals surface area contributed by atoms with E-state index in [2.05, 4.69) is 10.3 Å². The van der Waals surface area contributed by atoms with Crippen molar-refractivity contribution >= 4 is 47.7 Å². The minimum Gasteiger partial charge on any atom is -0.385 e. The molecule has 0 bridgehead atoms. The predicted molar refractivity (Wildman–Crippen MR) is 95.7 cm³/mol. The molecule has 1 aliphatic heterocycles. The van der Waals surface area contributed by atoms with Crippen LogP contribution in [0.5, 0.6) is 0 Å². The highest BCUT2D eigenvalue weighted by Gasteiger charge is 2.20. The fourth-order valence-electron chi connectivity index (χ4n) is 2.55. The van der Waals surface area contributed by atoms with E-state index in [9.17, 15) is 4.79 Å². The number of hydrogen-bond donors (Lipinski definition) is 1. The summed E-state index contributed by atoms with van der Waals surface area (Å²) in [4.78, 5) is 18.6. The minimum absolute atomic E-state index is 0. The third-order valence-corrected chi connectivity index (χ3v) is 4.19. The molecule has 2 heterocycles. The smallest absolute Gasteiger partial charge is 0.254 e. The lowest BCUT2D eigenvalue weighted by Gasteiger charge is -2.23. The zero-order valence-corrected chi connectivity index (χ0v) is 14.7. The van der Waals surface area contributed by atoms with E-state index in [0.29, 0.717) is 6.54 Å². The number of amides is 1. The highest BCUT2D eigenvalue weighted by Crippen LogP contribution is 2.26. The van der Waals surface area contributed by atoms with Crippen LogP contribution in [0.4, 0.5) is 5.69 Å². The zero-order chi connectivity index (χ0) is 13.9. The summed E-state index contributed by atoms with van der Waals surface area (Å²) in [5.41, 5.74) is 5.79. The van der Waals surface area contributed by atoms with Gasteiger partial charge < -0.3 is 10.2 Å². The van der Waals surface area contributed by atoms with Crippen LogP contribution in [-0.2, 0) is 13.0 Å². The third-order valence-electron chi connectivity index (χ3n) is 3.55. The molecular weight excluding hydrogens is 341 g/mol. The lowest BCUT2D eigenvalue weighted by atomic mass is 9.97. The van der Waals surface area contributed by atoms with Crippen molar-refractivity contribution in [3.63, 3.8) is 0 Å². The summed E-state index contributed by atoms with van der Waals surface area (Å²) in [6.45, 7) is 1.54. The second-order valence-corrected chi connectivity index (χ2v) is 5.72. The van der Waals surface area contributed by atoms with E-state index in [0.717, 1.165) is 41.9 Å². The molecule has 0 radical (unpaired) electrons. The van der Waals surface area contributed by atoms with Gasteiger partial charge in [0.15, 0.2) is 0 Å². The van der Waals surface area contributed by atoms with E-state index in [1.165, 1.54) is 0 Å². The lowest BCUT2D eigenvalue weighted by Crippen LogP contribution is -2.28. The fraction of sp³-hybridized carbons (Fsp3) is 0.333. The average Bonchev–Trinajstić information content (AvgIpc) is 2.99. The number of benzene rings is 1. The second-order valence-electron chi connectivity index (χ2n) is 5.00. The Hall–Kier alpha value is -1.30. The molecule has 7 heteroatoms. The van der Waals surface area contributed by atoms with Crippen LogP contribution in [0.25, 0.3) is 0 Å². The van der Waals surface area contributed by atoms with Crippen molar-refractivity contribution in [1.29, 1.82) is 0 Å². The van der Waals surface area contributed by atoms with E-state index in [1.54, 1.807) is 21.7 Å². The number of rotatable bonds is 3. The summed E-state index contributed by atoms with van der Waals surface area (Å²) >= 11 is 1.55. The number of nitrogens with one attached hydrogen (secondary N) is 1. The van der Waals surface area contributed by atoms with Gasteiger partial charge in [-0.1, -0.05) is 6.07 Å². The number of carbonyl (C=O) groups is 1. The first-order chi connectivity index (χ1) is 9.75. The summed E-state index contributed by atoms with van der Waals surface area (Å²) < 4.78 is 0.